The van der Waals surface area contributed by atoms with Crippen LogP contribution in [0.1, 0.15) is 44.4 Å². The molecule has 1 aliphatic carbocycles. The van der Waals surface area contributed by atoms with E-state index in [1.165, 1.54) is 5.56 Å². The summed E-state index contributed by atoms with van der Waals surface area (Å²) in [7, 11) is 2.06. The zero-order valence-corrected chi connectivity index (χ0v) is 13.9. The number of carbonyl (C=O) groups excluding carboxylic acids is 1. The van der Waals surface area contributed by atoms with Crippen molar-refractivity contribution in [2.24, 2.45) is 17.1 Å². The highest BCUT2D eigenvalue weighted by Gasteiger charge is 2.48. The van der Waals surface area contributed by atoms with E-state index in [1.54, 1.807) is 0 Å². The van der Waals surface area contributed by atoms with Gasteiger partial charge in [0.15, 0.2) is 0 Å². The van der Waals surface area contributed by atoms with Crippen molar-refractivity contribution in [2.75, 3.05) is 6.54 Å². The average molecular weight is 299 g/mol. The number of fused-ring (bicyclic) bond motifs is 1. The van der Waals surface area contributed by atoms with E-state index in [0.29, 0.717) is 18.4 Å². The first-order valence-corrected chi connectivity index (χ1v) is 8.42. The molecule has 2 N–H and O–H groups in total. The Morgan fingerprint density at radius 1 is 1.55 bits per heavy atom. The number of hydrogen-bond donors (Lipinski definition) is 1. The van der Waals surface area contributed by atoms with Crippen LogP contribution in [-0.4, -0.2) is 36.2 Å². The molecule has 5 heteroatoms. The Hall–Kier alpha value is -1.36. The molecule has 22 heavy (non-hydrogen) atoms. The van der Waals surface area contributed by atoms with E-state index in [9.17, 15) is 4.79 Å². The van der Waals surface area contributed by atoms with Gasteiger partial charge in [0.1, 0.15) is 7.85 Å². The Morgan fingerprint density at radius 2 is 2.32 bits per heavy atom. The van der Waals surface area contributed by atoms with Crippen molar-refractivity contribution in [3.8, 4) is 0 Å². The molecular weight excluding hydrogens is 273 g/mol. The Balaban J connectivity index is 1.84. The summed E-state index contributed by atoms with van der Waals surface area (Å²) >= 11 is 0. The van der Waals surface area contributed by atoms with Crippen LogP contribution in [0.2, 0.25) is 0 Å². The lowest BCUT2D eigenvalue weighted by atomic mass is 9.74. The van der Waals surface area contributed by atoms with Gasteiger partial charge in [0, 0.05) is 37.4 Å². The van der Waals surface area contributed by atoms with E-state index < -0.39 is 0 Å². The molecular formula is C17H26BN3O. The molecule has 0 unspecified atom stereocenters. The lowest BCUT2D eigenvalue weighted by molar-refractivity contribution is -0.145. The van der Waals surface area contributed by atoms with E-state index >= 15 is 0 Å². The molecule has 0 spiro atoms. The molecule has 2 heterocycles. The van der Waals surface area contributed by atoms with Crippen molar-refractivity contribution in [3.63, 3.8) is 0 Å². The van der Waals surface area contributed by atoms with Crippen molar-refractivity contribution < 1.29 is 4.79 Å². The maximum absolute atomic E-state index is 13.3. The predicted octanol–water partition coefficient (Wildman–Crippen LogP) is 0.378. The number of amides is 1. The van der Waals surface area contributed by atoms with E-state index in [4.69, 9.17) is 5.73 Å². The Morgan fingerprint density at radius 3 is 2.95 bits per heavy atom. The highest BCUT2D eigenvalue weighted by atomic mass is 16.2. The lowest BCUT2D eigenvalue weighted by Gasteiger charge is -2.39. The SMILES string of the molecule is Bc1cnc2c(c1)CN(C(=O)[C@@]1(C(C)C)CC[C@@H](N)C1)CC2. The molecule has 1 aromatic rings. The standard InChI is InChI=1S/C17H26BN3O/c1-11(2)17(5-3-14(19)8-17)16(22)21-6-4-15-12(10-21)7-13(18)9-20-15/h7,9,11,14H,3-6,8,10,18-19H2,1-2H3/t14-,17+/m1/s1. The third-order valence-electron chi connectivity index (χ3n) is 5.58. The van der Waals surface area contributed by atoms with Crippen molar-refractivity contribution >= 4 is 19.2 Å². The van der Waals surface area contributed by atoms with Gasteiger partial charge in [-0.2, -0.15) is 0 Å². The van der Waals surface area contributed by atoms with Gasteiger partial charge in [-0.1, -0.05) is 25.4 Å². The maximum atomic E-state index is 13.3. The average Bonchev–Trinajstić information content (AvgIpc) is 2.89. The third-order valence-corrected chi connectivity index (χ3v) is 5.58. The van der Waals surface area contributed by atoms with Crippen molar-refractivity contribution in [3.05, 3.63) is 23.5 Å². The third kappa shape index (κ3) is 2.56. The molecule has 1 aliphatic heterocycles. The summed E-state index contributed by atoms with van der Waals surface area (Å²) < 4.78 is 0. The lowest BCUT2D eigenvalue weighted by Crippen LogP contribution is -2.48. The van der Waals surface area contributed by atoms with E-state index in [0.717, 1.165) is 43.4 Å². The highest BCUT2D eigenvalue weighted by molar-refractivity contribution is 6.32. The van der Waals surface area contributed by atoms with E-state index in [2.05, 4.69) is 32.7 Å². The molecule has 0 bridgehead atoms. The predicted molar refractivity (Wildman–Crippen MR) is 90.6 cm³/mol. The van der Waals surface area contributed by atoms with Crippen molar-refractivity contribution in [1.29, 1.82) is 0 Å². The van der Waals surface area contributed by atoms with Crippen LogP contribution in [0.3, 0.4) is 0 Å². The Kier molecular flexibility index (Phi) is 4.02. The molecule has 0 aromatic carbocycles. The number of pyridine rings is 1. The fourth-order valence-electron chi connectivity index (χ4n) is 4.11. The first-order valence-electron chi connectivity index (χ1n) is 8.42. The van der Waals surface area contributed by atoms with Gasteiger partial charge in [0.2, 0.25) is 5.91 Å². The summed E-state index contributed by atoms with van der Waals surface area (Å²) in [6.07, 6.45) is 5.51. The molecule has 2 aliphatic rings. The highest BCUT2D eigenvalue weighted by Crippen LogP contribution is 2.45. The molecule has 118 valence electrons. The molecule has 3 rings (SSSR count). The van der Waals surface area contributed by atoms with Crippen LogP contribution in [0.4, 0.5) is 0 Å². The van der Waals surface area contributed by atoms with Crippen LogP contribution >= 0.6 is 0 Å². The van der Waals surface area contributed by atoms with Crippen molar-refractivity contribution in [2.45, 2.75) is 52.1 Å². The molecule has 1 saturated carbocycles. The number of hydrogen-bond acceptors (Lipinski definition) is 3. The monoisotopic (exact) mass is 299 g/mol. The summed E-state index contributed by atoms with van der Waals surface area (Å²) in [4.78, 5) is 19.8. The smallest absolute Gasteiger partial charge is 0.229 e. The van der Waals surface area contributed by atoms with E-state index in [-0.39, 0.29) is 11.5 Å². The van der Waals surface area contributed by atoms with Gasteiger partial charge < -0.3 is 10.6 Å². The van der Waals surface area contributed by atoms with Gasteiger partial charge in [-0.25, -0.2) is 0 Å². The molecule has 1 fully saturated rings. The second-order valence-corrected chi connectivity index (χ2v) is 7.41. The fraction of sp³-hybridized carbons (Fsp3) is 0.647. The van der Waals surface area contributed by atoms with Crippen molar-refractivity contribution in [1.82, 2.24) is 9.88 Å². The van der Waals surface area contributed by atoms with Crippen LogP contribution in [0.15, 0.2) is 12.3 Å². The van der Waals surface area contributed by atoms with Gasteiger partial charge in [-0.3, -0.25) is 9.78 Å². The van der Waals surface area contributed by atoms with Gasteiger partial charge in [-0.15, -0.1) is 0 Å². The topological polar surface area (TPSA) is 59.2 Å². The zero-order valence-electron chi connectivity index (χ0n) is 13.9. The summed E-state index contributed by atoms with van der Waals surface area (Å²) in [6, 6.07) is 2.34. The first-order chi connectivity index (χ1) is 10.4. The molecule has 0 radical (unpaired) electrons. The van der Waals surface area contributed by atoms with Crippen LogP contribution < -0.4 is 11.2 Å². The fourth-order valence-corrected chi connectivity index (χ4v) is 4.11. The van der Waals surface area contributed by atoms with E-state index in [1.807, 2.05) is 11.1 Å². The summed E-state index contributed by atoms with van der Waals surface area (Å²) in [6.45, 7) is 5.82. The van der Waals surface area contributed by atoms with Gasteiger partial charge >= 0.3 is 0 Å². The number of carbonyl (C=O) groups is 1. The van der Waals surface area contributed by atoms with Crippen LogP contribution in [0.5, 0.6) is 0 Å². The normalized spacial score (nSPS) is 28.0. The maximum Gasteiger partial charge on any atom is 0.229 e. The van der Waals surface area contributed by atoms with Crippen LogP contribution in [0, 0.1) is 11.3 Å². The zero-order chi connectivity index (χ0) is 15.9. The van der Waals surface area contributed by atoms with Crippen LogP contribution in [0.25, 0.3) is 0 Å². The number of nitrogens with zero attached hydrogens (tertiary/aromatic N) is 2. The number of aromatic nitrogens is 1. The minimum Gasteiger partial charge on any atom is -0.337 e. The molecule has 2 atom stereocenters. The summed E-state index contributed by atoms with van der Waals surface area (Å²) in [5, 5.41) is 0. The second-order valence-electron chi connectivity index (χ2n) is 7.41. The summed E-state index contributed by atoms with van der Waals surface area (Å²) in [5.41, 5.74) is 9.40. The van der Waals surface area contributed by atoms with Gasteiger partial charge in [0.05, 0.1) is 5.41 Å². The van der Waals surface area contributed by atoms with Gasteiger partial charge in [-0.05, 0) is 30.7 Å². The molecule has 0 saturated heterocycles. The Labute approximate surface area is 133 Å². The minimum atomic E-state index is -0.256. The second kappa shape index (κ2) is 5.69. The molecule has 1 amide bonds. The largest absolute Gasteiger partial charge is 0.337 e. The quantitative estimate of drug-likeness (QED) is 0.803. The first kappa shape index (κ1) is 15.5. The minimum absolute atomic E-state index is 0.173. The number of rotatable bonds is 2. The summed E-state index contributed by atoms with van der Waals surface area (Å²) in [5.74, 6) is 0.646. The van der Waals surface area contributed by atoms with Crippen LogP contribution in [-0.2, 0) is 17.8 Å². The van der Waals surface area contributed by atoms with Gasteiger partial charge in [0.25, 0.3) is 0 Å². The Bertz CT molecular complexity index is 589. The molecule has 4 nitrogen and oxygen atoms in total. The molecule has 1 aromatic heterocycles. The number of nitrogens with two attached hydrogens (primary N) is 1.